The van der Waals surface area contributed by atoms with Gasteiger partial charge in [-0.2, -0.15) is 0 Å². The maximum Gasteiger partial charge on any atom is 0.130 e. The van der Waals surface area contributed by atoms with Crippen molar-refractivity contribution < 1.29 is 8.78 Å². The molecule has 2 aliphatic rings. The molecule has 1 aromatic carbocycles. The molecule has 0 unspecified atom stereocenters. The molecule has 0 spiro atoms. The smallest absolute Gasteiger partial charge is 0.130 e. The van der Waals surface area contributed by atoms with E-state index in [9.17, 15) is 8.78 Å². The van der Waals surface area contributed by atoms with Gasteiger partial charge in [-0.1, -0.05) is 6.07 Å². The summed E-state index contributed by atoms with van der Waals surface area (Å²) in [6.45, 7) is 5.51. The van der Waals surface area contributed by atoms with Gasteiger partial charge in [0, 0.05) is 55.6 Å². The summed E-state index contributed by atoms with van der Waals surface area (Å²) in [5.74, 6) is 1.44. The molecule has 0 atom stereocenters. The highest BCUT2D eigenvalue weighted by molar-refractivity contribution is 5.20. The predicted molar refractivity (Wildman–Crippen MR) is 84.1 cm³/mol. The standard InChI is InChI=1S/C18H21F2N3/c1-12-7-21-18(23(12)8-13-2-3-13)15-10-22(11-15)9-14-4-5-16(19)6-17(14)20/h4-7,13,15H,2-3,8-11H2,1H3. The van der Waals surface area contributed by atoms with Gasteiger partial charge in [-0.05, 0) is 31.7 Å². The fourth-order valence-corrected chi connectivity index (χ4v) is 3.35. The van der Waals surface area contributed by atoms with Crippen molar-refractivity contribution in [2.24, 2.45) is 5.92 Å². The van der Waals surface area contributed by atoms with Crippen molar-refractivity contribution in [3.8, 4) is 0 Å². The Hall–Kier alpha value is -1.75. The van der Waals surface area contributed by atoms with Crippen LogP contribution in [-0.2, 0) is 13.1 Å². The number of benzene rings is 1. The van der Waals surface area contributed by atoms with E-state index >= 15 is 0 Å². The zero-order valence-corrected chi connectivity index (χ0v) is 13.3. The van der Waals surface area contributed by atoms with E-state index < -0.39 is 11.6 Å². The van der Waals surface area contributed by atoms with Crippen LogP contribution in [0.25, 0.3) is 0 Å². The third-order valence-corrected chi connectivity index (χ3v) is 4.96. The molecule has 0 radical (unpaired) electrons. The summed E-state index contributed by atoms with van der Waals surface area (Å²) in [7, 11) is 0. The Kier molecular flexibility index (Phi) is 3.68. The van der Waals surface area contributed by atoms with Crippen molar-refractivity contribution >= 4 is 0 Å². The van der Waals surface area contributed by atoms with Gasteiger partial charge >= 0.3 is 0 Å². The zero-order chi connectivity index (χ0) is 16.0. The molecular formula is C18H21F2N3. The summed E-state index contributed by atoms with van der Waals surface area (Å²) >= 11 is 0. The fraction of sp³-hybridized carbons (Fsp3) is 0.500. The van der Waals surface area contributed by atoms with Crippen LogP contribution in [0.3, 0.4) is 0 Å². The van der Waals surface area contributed by atoms with Crippen LogP contribution < -0.4 is 0 Å². The van der Waals surface area contributed by atoms with Crippen molar-refractivity contribution in [3.05, 3.63) is 53.1 Å². The lowest BCUT2D eigenvalue weighted by Gasteiger charge is -2.39. The molecule has 3 nitrogen and oxygen atoms in total. The van der Waals surface area contributed by atoms with Crippen molar-refractivity contribution in [1.82, 2.24) is 14.5 Å². The molecule has 122 valence electrons. The van der Waals surface area contributed by atoms with Gasteiger partial charge in [-0.3, -0.25) is 4.90 Å². The molecule has 1 aliphatic heterocycles. The van der Waals surface area contributed by atoms with Crippen molar-refractivity contribution in [2.75, 3.05) is 13.1 Å². The van der Waals surface area contributed by atoms with Gasteiger partial charge in [-0.25, -0.2) is 13.8 Å². The highest BCUT2D eigenvalue weighted by Gasteiger charge is 2.33. The molecule has 0 N–H and O–H groups in total. The number of nitrogens with zero attached hydrogens (tertiary/aromatic N) is 3. The number of likely N-dealkylation sites (tertiary alicyclic amines) is 1. The van der Waals surface area contributed by atoms with Crippen molar-refractivity contribution in [3.63, 3.8) is 0 Å². The number of aromatic nitrogens is 2. The number of aryl methyl sites for hydroxylation is 1. The van der Waals surface area contributed by atoms with Gasteiger partial charge in [0.25, 0.3) is 0 Å². The molecule has 2 heterocycles. The van der Waals surface area contributed by atoms with E-state index in [-0.39, 0.29) is 0 Å². The maximum absolute atomic E-state index is 13.7. The minimum Gasteiger partial charge on any atom is -0.332 e. The fourth-order valence-electron chi connectivity index (χ4n) is 3.35. The topological polar surface area (TPSA) is 21.1 Å². The number of rotatable bonds is 5. The second kappa shape index (κ2) is 5.71. The van der Waals surface area contributed by atoms with Crippen LogP contribution in [0.1, 0.15) is 35.8 Å². The molecule has 2 aromatic rings. The minimum atomic E-state index is -0.523. The SMILES string of the molecule is Cc1cnc(C2CN(Cc3ccc(F)cc3F)C2)n1CC1CC1. The molecule has 5 heteroatoms. The lowest BCUT2D eigenvalue weighted by Crippen LogP contribution is -2.45. The Labute approximate surface area is 134 Å². The largest absolute Gasteiger partial charge is 0.332 e. The number of halogens is 2. The van der Waals surface area contributed by atoms with Crippen LogP contribution >= 0.6 is 0 Å². The molecule has 1 saturated heterocycles. The number of hydrogen-bond acceptors (Lipinski definition) is 2. The lowest BCUT2D eigenvalue weighted by molar-refractivity contribution is 0.130. The second-order valence-corrected chi connectivity index (χ2v) is 6.94. The molecule has 0 bridgehead atoms. The van der Waals surface area contributed by atoms with E-state index in [1.165, 1.54) is 36.5 Å². The third-order valence-electron chi connectivity index (χ3n) is 4.96. The second-order valence-electron chi connectivity index (χ2n) is 6.94. The van der Waals surface area contributed by atoms with E-state index in [0.717, 1.165) is 31.6 Å². The van der Waals surface area contributed by atoms with Gasteiger partial charge in [-0.15, -0.1) is 0 Å². The first kappa shape index (κ1) is 14.8. The first-order valence-corrected chi connectivity index (χ1v) is 8.28. The first-order chi connectivity index (χ1) is 11.1. The van der Waals surface area contributed by atoms with E-state index in [1.54, 1.807) is 0 Å². The van der Waals surface area contributed by atoms with Crippen molar-refractivity contribution in [1.29, 1.82) is 0 Å². The van der Waals surface area contributed by atoms with Crippen LogP contribution in [0.4, 0.5) is 8.78 Å². The Bertz CT molecular complexity index is 715. The monoisotopic (exact) mass is 317 g/mol. The summed E-state index contributed by atoms with van der Waals surface area (Å²) in [4.78, 5) is 6.79. The Morgan fingerprint density at radius 1 is 1.22 bits per heavy atom. The third kappa shape index (κ3) is 3.02. The highest BCUT2D eigenvalue weighted by Crippen LogP contribution is 2.34. The predicted octanol–water partition coefficient (Wildman–Crippen LogP) is 3.48. The van der Waals surface area contributed by atoms with Crippen LogP contribution in [0.2, 0.25) is 0 Å². The average molecular weight is 317 g/mol. The Balaban J connectivity index is 1.39. The molecule has 2 fully saturated rings. The molecule has 4 rings (SSSR count). The van der Waals surface area contributed by atoms with Crippen molar-refractivity contribution in [2.45, 2.75) is 38.8 Å². The van der Waals surface area contributed by atoms with Crippen LogP contribution in [0, 0.1) is 24.5 Å². The molecule has 0 amide bonds. The summed E-state index contributed by atoms with van der Waals surface area (Å²) in [6.07, 6.45) is 4.62. The normalized spacial score (nSPS) is 19.1. The number of imidazole rings is 1. The van der Waals surface area contributed by atoms with Gasteiger partial charge in [0.1, 0.15) is 17.5 Å². The van der Waals surface area contributed by atoms with E-state index in [0.29, 0.717) is 18.0 Å². The molecule has 1 aliphatic carbocycles. The van der Waals surface area contributed by atoms with E-state index in [2.05, 4.69) is 21.4 Å². The highest BCUT2D eigenvalue weighted by atomic mass is 19.1. The van der Waals surface area contributed by atoms with Gasteiger partial charge in [0.15, 0.2) is 0 Å². The summed E-state index contributed by atoms with van der Waals surface area (Å²) < 4.78 is 29.0. The van der Waals surface area contributed by atoms with E-state index in [4.69, 9.17) is 0 Å². The van der Waals surface area contributed by atoms with Gasteiger partial charge in [0.05, 0.1) is 0 Å². The molecule has 1 saturated carbocycles. The van der Waals surface area contributed by atoms with Gasteiger partial charge < -0.3 is 4.57 Å². The Morgan fingerprint density at radius 3 is 2.70 bits per heavy atom. The number of hydrogen-bond donors (Lipinski definition) is 0. The van der Waals surface area contributed by atoms with Crippen LogP contribution in [0.15, 0.2) is 24.4 Å². The molecule has 23 heavy (non-hydrogen) atoms. The van der Waals surface area contributed by atoms with E-state index in [1.807, 2.05) is 6.20 Å². The molecule has 1 aromatic heterocycles. The van der Waals surface area contributed by atoms with Crippen LogP contribution in [-0.4, -0.2) is 27.5 Å². The summed E-state index contributed by atoms with van der Waals surface area (Å²) in [5.41, 5.74) is 1.79. The minimum absolute atomic E-state index is 0.422. The quantitative estimate of drug-likeness (QED) is 0.842. The molecular weight excluding hydrogens is 296 g/mol. The summed E-state index contributed by atoms with van der Waals surface area (Å²) in [5, 5.41) is 0. The first-order valence-electron chi connectivity index (χ1n) is 8.28. The lowest BCUT2D eigenvalue weighted by atomic mass is 9.98. The zero-order valence-electron chi connectivity index (χ0n) is 13.3. The average Bonchev–Trinajstić information content (AvgIpc) is 3.22. The van der Waals surface area contributed by atoms with Crippen LogP contribution in [0.5, 0.6) is 0 Å². The Morgan fingerprint density at radius 2 is 2.00 bits per heavy atom. The maximum atomic E-state index is 13.7. The van der Waals surface area contributed by atoms with Gasteiger partial charge in [0.2, 0.25) is 0 Å². The summed E-state index contributed by atoms with van der Waals surface area (Å²) in [6, 6.07) is 3.82.